The van der Waals surface area contributed by atoms with Crippen LogP contribution >= 0.6 is 0 Å². The maximum absolute atomic E-state index is 12.8. The van der Waals surface area contributed by atoms with Crippen LogP contribution < -0.4 is 9.64 Å². The average molecular weight is 473 g/mol. The van der Waals surface area contributed by atoms with Crippen LogP contribution in [0.3, 0.4) is 0 Å². The van der Waals surface area contributed by atoms with E-state index in [1.54, 1.807) is 24.3 Å². The number of hydrogen-bond acceptors (Lipinski definition) is 5. The topological polar surface area (TPSA) is 48.0 Å². The number of esters is 1. The molecule has 0 saturated carbocycles. The zero-order chi connectivity index (χ0) is 24.0. The normalized spacial score (nSPS) is 18.6. The van der Waals surface area contributed by atoms with Gasteiger partial charge in [-0.15, -0.1) is 0 Å². The van der Waals surface area contributed by atoms with Gasteiger partial charge in [-0.3, -0.25) is 0 Å². The van der Waals surface area contributed by atoms with Gasteiger partial charge >= 0.3 is 12.1 Å². The Morgan fingerprint density at radius 3 is 2.33 bits per heavy atom. The van der Waals surface area contributed by atoms with Gasteiger partial charge < -0.3 is 19.1 Å². The van der Waals surface area contributed by atoms with Gasteiger partial charge in [0.05, 0.1) is 44.0 Å². The van der Waals surface area contributed by atoms with E-state index in [1.807, 2.05) is 4.90 Å². The average Bonchev–Trinajstić information content (AvgIpc) is 3.18. The summed E-state index contributed by atoms with van der Waals surface area (Å²) in [4.78, 5) is 13.6. The van der Waals surface area contributed by atoms with Gasteiger partial charge in [0.25, 0.3) is 0 Å². The number of hydrogen-bond donors (Lipinski definition) is 0. The molecule has 1 aliphatic rings. The molecule has 5 nitrogen and oxygen atoms in total. The van der Waals surface area contributed by atoms with E-state index in [1.165, 1.54) is 19.2 Å². The fourth-order valence-electron chi connectivity index (χ4n) is 3.65. The molecule has 0 bridgehead atoms. The molecule has 3 rings (SSSR count). The predicted octanol–water partition coefficient (Wildman–Crippen LogP) is 5.19. The van der Waals surface area contributed by atoms with Crippen molar-refractivity contribution in [2.75, 3.05) is 31.8 Å². The largest absolute Gasteiger partial charge is 0.489 e. The lowest BCUT2D eigenvalue weighted by atomic mass is 10.1. The lowest BCUT2D eigenvalue weighted by Gasteiger charge is -2.26. The number of halogens is 5. The molecule has 0 aliphatic carbocycles. The van der Waals surface area contributed by atoms with Gasteiger partial charge in [0.2, 0.25) is 6.43 Å². The summed E-state index contributed by atoms with van der Waals surface area (Å²) in [5, 5.41) is 0. The summed E-state index contributed by atoms with van der Waals surface area (Å²) < 4.78 is 79.1. The van der Waals surface area contributed by atoms with Crippen LogP contribution in [0.2, 0.25) is 0 Å². The third-order valence-corrected chi connectivity index (χ3v) is 5.27. The van der Waals surface area contributed by atoms with Crippen molar-refractivity contribution in [1.82, 2.24) is 0 Å². The van der Waals surface area contributed by atoms with Crippen LogP contribution in [-0.2, 0) is 15.7 Å². The zero-order valence-electron chi connectivity index (χ0n) is 17.9. The molecule has 1 fully saturated rings. The number of nitrogens with zero attached hydrogens (tertiary/aromatic N) is 1. The van der Waals surface area contributed by atoms with Crippen LogP contribution in [0.25, 0.3) is 0 Å². The number of carbonyl (C=O) groups is 1. The van der Waals surface area contributed by atoms with Crippen molar-refractivity contribution in [2.24, 2.45) is 0 Å². The highest BCUT2D eigenvalue weighted by atomic mass is 19.4. The minimum absolute atomic E-state index is 0.0896. The number of benzene rings is 2. The van der Waals surface area contributed by atoms with Gasteiger partial charge in [0.1, 0.15) is 11.9 Å². The molecule has 0 amide bonds. The van der Waals surface area contributed by atoms with Crippen molar-refractivity contribution < 1.29 is 41.0 Å². The first-order valence-electron chi connectivity index (χ1n) is 10.3. The summed E-state index contributed by atoms with van der Waals surface area (Å²) in [5.74, 6) is -0.174. The van der Waals surface area contributed by atoms with Gasteiger partial charge in [-0.1, -0.05) is 0 Å². The Labute approximate surface area is 188 Å². The fraction of sp³-hybridized carbons (Fsp3) is 0.435. The van der Waals surface area contributed by atoms with E-state index < -0.39 is 24.1 Å². The van der Waals surface area contributed by atoms with E-state index >= 15 is 0 Å². The first-order valence-corrected chi connectivity index (χ1v) is 10.3. The number of anilines is 1. The number of rotatable bonds is 9. The van der Waals surface area contributed by atoms with Crippen LogP contribution in [0.4, 0.5) is 27.6 Å². The van der Waals surface area contributed by atoms with Gasteiger partial charge in [0, 0.05) is 18.5 Å². The highest BCUT2D eigenvalue weighted by Gasteiger charge is 2.34. The van der Waals surface area contributed by atoms with E-state index in [4.69, 9.17) is 14.2 Å². The van der Waals surface area contributed by atoms with E-state index in [0.29, 0.717) is 24.3 Å². The van der Waals surface area contributed by atoms with Crippen molar-refractivity contribution in [3.8, 4) is 5.75 Å². The second-order valence-electron chi connectivity index (χ2n) is 7.60. The van der Waals surface area contributed by atoms with Gasteiger partial charge in [-0.2, -0.15) is 13.2 Å². The molecule has 1 saturated heterocycles. The third-order valence-electron chi connectivity index (χ3n) is 5.27. The van der Waals surface area contributed by atoms with Crippen molar-refractivity contribution in [3.05, 3.63) is 59.7 Å². The van der Waals surface area contributed by atoms with E-state index in [0.717, 1.165) is 17.8 Å². The Hall–Kier alpha value is -2.88. The van der Waals surface area contributed by atoms with Crippen LogP contribution in [0.1, 0.15) is 28.8 Å². The monoisotopic (exact) mass is 473 g/mol. The molecule has 0 N–H and O–H groups in total. The maximum atomic E-state index is 12.8. The van der Waals surface area contributed by atoms with E-state index in [-0.39, 0.29) is 31.8 Å². The molecule has 180 valence electrons. The number of methoxy groups -OCH3 is 1. The Kier molecular flexibility index (Phi) is 8.12. The predicted molar refractivity (Wildman–Crippen MR) is 111 cm³/mol. The molecule has 1 aliphatic heterocycles. The summed E-state index contributed by atoms with van der Waals surface area (Å²) in [7, 11) is 1.28. The highest BCUT2D eigenvalue weighted by Crippen LogP contribution is 2.32. The summed E-state index contributed by atoms with van der Waals surface area (Å²) in [6.45, 7) is 0.494. The smallest absolute Gasteiger partial charge is 0.416 e. The summed E-state index contributed by atoms with van der Waals surface area (Å²) in [6, 6.07) is 10.9. The SMILES string of the molecule is COC(=O)c1ccc(N2C[C@H](Oc3ccc(C(F)(F)F)cc3)C[C@H]2COCCC(F)F)cc1. The quantitative estimate of drug-likeness (QED) is 0.285. The van der Waals surface area contributed by atoms with Crippen molar-refractivity contribution in [2.45, 2.75) is 37.6 Å². The Morgan fingerprint density at radius 2 is 1.76 bits per heavy atom. The molecule has 2 atom stereocenters. The van der Waals surface area contributed by atoms with Gasteiger partial charge in [-0.25, -0.2) is 13.6 Å². The van der Waals surface area contributed by atoms with E-state index in [2.05, 4.69) is 0 Å². The van der Waals surface area contributed by atoms with Crippen molar-refractivity contribution in [3.63, 3.8) is 0 Å². The zero-order valence-corrected chi connectivity index (χ0v) is 17.9. The molecule has 0 spiro atoms. The standard InChI is InChI=1S/C23H24F5NO4/c1-31-22(30)15-2-6-17(7-3-15)29-13-20(12-18(29)14-32-11-10-21(24)25)33-19-8-4-16(5-9-19)23(26,27)28/h2-9,18,20-21H,10-14H2,1H3/t18-,20+/m0/s1. The molecule has 1 heterocycles. The minimum atomic E-state index is -4.43. The molecular weight excluding hydrogens is 449 g/mol. The molecule has 0 radical (unpaired) electrons. The number of ether oxygens (including phenoxy) is 3. The first kappa shape index (κ1) is 24.8. The lowest BCUT2D eigenvalue weighted by Crippen LogP contribution is -2.33. The van der Waals surface area contributed by atoms with Crippen molar-refractivity contribution in [1.29, 1.82) is 0 Å². The van der Waals surface area contributed by atoms with Crippen LogP contribution in [0.15, 0.2) is 48.5 Å². The Bertz CT molecular complexity index is 903. The van der Waals surface area contributed by atoms with E-state index in [9.17, 15) is 26.7 Å². The fourth-order valence-corrected chi connectivity index (χ4v) is 3.65. The Balaban J connectivity index is 1.70. The molecule has 2 aromatic carbocycles. The molecule has 2 aromatic rings. The third kappa shape index (κ3) is 6.80. The first-order chi connectivity index (χ1) is 15.7. The second-order valence-corrected chi connectivity index (χ2v) is 7.60. The van der Waals surface area contributed by atoms with Crippen LogP contribution in [0.5, 0.6) is 5.75 Å². The molecule has 33 heavy (non-hydrogen) atoms. The van der Waals surface area contributed by atoms with Gasteiger partial charge in [0.15, 0.2) is 0 Å². The van der Waals surface area contributed by atoms with Crippen LogP contribution in [0, 0.1) is 0 Å². The second kappa shape index (κ2) is 10.8. The number of alkyl halides is 5. The lowest BCUT2D eigenvalue weighted by molar-refractivity contribution is -0.137. The molecule has 0 aromatic heterocycles. The summed E-state index contributed by atoms with van der Waals surface area (Å²) in [6.07, 6.45) is -7.13. The van der Waals surface area contributed by atoms with Gasteiger partial charge in [-0.05, 0) is 48.5 Å². The Morgan fingerprint density at radius 1 is 1.09 bits per heavy atom. The molecule has 10 heteroatoms. The minimum Gasteiger partial charge on any atom is -0.489 e. The van der Waals surface area contributed by atoms with Crippen molar-refractivity contribution >= 4 is 11.7 Å². The summed E-state index contributed by atoms with van der Waals surface area (Å²) >= 11 is 0. The number of carbonyl (C=O) groups excluding carboxylic acids is 1. The summed E-state index contributed by atoms with van der Waals surface area (Å²) in [5.41, 5.74) is 0.380. The molecular formula is C23H24F5NO4. The highest BCUT2D eigenvalue weighted by molar-refractivity contribution is 5.89. The maximum Gasteiger partial charge on any atom is 0.416 e. The van der Waals surface area contributed by atoms with Crippen LogP contribution in [-0.4, -0.2) is 51.4 Å². The molecule has 0 unspecified atom stereocenters.